The first-order valence-corrected chi connectivity index (χ1v) is 6.33. The Morgan fingerprint density at radius 3 is 2.60 bits per heavy atom. The summed E-state index contributed by atoms with van der Waals surface area (Å²) < 4.78 is 0. The molecule has 0 bridgehead atoms. The number of nitrogen functional groups attached to an aromatic ring is 1. The van der Waals surface area contributed by atoms with Gasteiger partial charge in [0, 0.05) is 18.9 Å². The van der Waals surface area contributed by atoms with Crippen molar-refractivity contribution in [3.63, 3.8) is 0 Å². The highest BCUT2D eigenvalue weighted by Gasteiger charge is 2.14. The molecule has 1 unspecified atom stereocenters. The van der Waals surface area contributed by atoms with Crippen LogP contribution in [0, 0.1) is 0 Å². The second-order valence-corrected chi connectivity index (χ2v) is 4.73. The van der Waals surface area contributed by atoms with Gasteiger partial charge in [-0.3, -0.25) is 4.79 Å². The van der Waals surface area contributed by atoms with Gasteiger partial charge in [0.15, 0.2) is 0 Å². The van der Waals surface area contributed by atoms with Crippen LogP contribution in [0.15, 0.2) is 42.6 Å². The van der Waals surface area contributed by atoms with Gasteiger partial charge < -0.3 is 16.4 Å². The van der Waals surface area contributed by atoms with Crippen molar-refractivity contribution in [1.29, 1.82) is 0 Å². The Balaban J connectivity index is 2.22. The van der Waals surface area contributed by atoms with E-state index in [1.165, 1.54) is 6.20 Å². The molecule has 1 amide bonds. The average molecular weight is 270 g/mol. The summed E-state index contributed by atoms with van der Waals surface area (Å²) in [5, 5.41) is 0. The minimum atomic E-state index is -0.476. The highest BCUT2D eigenvalue weighted by Crippen LogP contribution is 2.24. The van der Waals surface area contributed by atoms with Crippen LogP contribution in [-0.4, -0.2) is 17.9 Å². The third-order valence-electron chi connectivity index (χ3n) is 3.37. The second kappa shape index (κ2) is 5.61. The zero-order valence-corrected chi connectivity index (χ0v) is 11.6. The highest BCUT2D eigenvalue weighted by molar-refractivity contribution is 5.92. The topological polar surface area (TPSA) is 85.2 Å². The third-order valence-corrected chi connectivity index (χ3v) is 3.37. The van der Waals surface area contributed by atoms with Gasteiger partial charge in [0.25, 0.3) is 0 Å². The van der Waals surface area contributed by atoms with Crippen LogP contribution in [0.25, 0.3) is 0 Å². The molecule has 1 aromatic heterocycles. The van der Waals surface area contributed by atoms with Crippen molar-refractivity contribution in [1.82, 2.24) is 4.98 Å². The van der Waals surface area contributed by atoms with Gasteiger partial charge in [-0.05, 0) is 36.8 Å². The molecule has 5 heteroatoms. The SMILES string of the molecule is CC(c1cccc(N)c1)N(C)c1ccc(C(N)=O)cn1. The fourth-order valence-corrected chi connectivity index (χ4v) is 1.98. The fourth-order valence-electron chi connectivity index (χ4n) is 1.98. The van der Waals surface area contributed by atoms with Gasteiger partial charge >= 0.3 is 0 Å². The Kier molecular flexibility index (Phi) is 3.89. The number of rotatable bonds is 4. The summed E-state index contributed by atoms with van der Waals surface area (Å²) in [5.41, 5.74) is 13.2. The summed E-state index contributed by atoms with van der Waals surface area (Å²) >= 11 is 0. The number of primary amides is 1. The molecule has 4 N–H and O–H groups in total. The summed E-state index contributed by atoms with van der Waals surface area (Å²) in [6, 6.07) is 11.3. The van der Waals surface area contributed by atoms with Crippen molar-refractivity contribution in [2.75, 3.05) is 17.7 Å². The Bertz CT molecular complexity index is 610. The van der Waals surface area contributed by atoms with Crippen molar-refractivity contribution in [2.45, 2.75) is 13.0 Å². The number of aromatic nitrogens is 1. The molecular weight excluding hydrogens is 252 g/mol. The number of hydrogen-bond acceptors (Lipinski definition) is 4. The molecule has 0 saturated carbocycles. The lowest BCUT2D eigenvalue weighted by molar-refractivity contribution is 0.1000. The molecule has 2 aromatic rings. The first-order chi connectivity index (χ1) is 9.49. The Labute approximate surface area is 118 Å². The number of carbonyl (C=O) groups is 1. The molecule has 1 heterocycles. The minimum absolute atomic E-state index is 0.116. The number of nitrogens with two attached hydrogens (primary N) is 2. The number of carbonyl (C=O) groups excluding carboxylic acids is 1. The van der Waals surface area contributed by atoms with Gasteiger partial charge in [0.2, 0.25) is 5.91 Å². The average Bonchev–Trinajstić information content (AvgIpc) is 2.46. The molecule has 20 heavy (non-hydrogen) atoms. The summed E-state index contributed by atoms with van der Waals surface area (Å²) in [6.07, 6.45) is 1.49. The van der Waals surface area contributed by atoms with E-state index in [1.807, 2.05) is 36.2 Å². The molecule has 0 aliphatic rings. The molecule has 0 aliphatic heterocycles. The maximum absolute atomic E-state index is 11.0. The molecule has 2 rings (SSSR count). The van der Waals surface area contributed by atoms with Crippen LogP contribution in [0.3, 0.4) is 0 Å². The quantitative estimate of drug-likeness (QED) is 0.832. The van der Waals surface area contributed by atoms with E-state index in [9.17, 15) is 4.79 Å². The molecule has 0 radical (unpaired) electrons. The number of hydrogen-bond donors (Lipinski definition) is 2. The van der Waals surface area contributed by atoms with E-state index in [-0.39, 0.29) is 6.04 Å². The number of amides is 1. The zero-order valence-electron chi connectivity index (χ0n) is 11.6. The third kappa shape index (κ3) is 2.88. The van der Waals surface area contributed by atoms with Crippen LogP contribution >= 0.6 is 0 Å². The normalized spacial score (nSPS) is 11.9. The van der Waals surface area contributed by atoms with E-state index in [1.54, 1.807) is 12.1 Å². The number of nitrogens with zero attached hydrogens (tertiary/aromatic N) is 2. The fraction of sp³-hybridized carbons (Fsp3) is 0.200. The summed E-state index contributed by atoms with van der Waals surface area (Å²) in [5.74, 6) is 0.292. The summed E-state index contributed by atoms with van der Waals surface area (Å²) in [7, 11) is 1.94. The van der Waals surface area contributed by atoms with Crippen LogP contribution in [0.2, 0.25) is 0 Å². The molecular formula is C15H18N4O. The van der Waals surface area contributed by atoms with Crippen molar-refractivity contribution >= 4 is 17.4 Å². The van der Waals surface area contributed by atoms with E-state index in [2.05, 4.69) is 11.9 Å². The van der Waals surface area contributed by atoms with Crippen molar-refractivity contribution in [3.05, 3.63) is 53.7 Å². The molecule has 5 nitrogen and oxygen atoms in total. The van der Waals surface area contributed by atoms with Gasteiger partial charge in [-0.1, -0.05) is 12.1 Å². The Hall–Kier alpha value is -2.56. The predicted octanol–water partition coefficient (Wildman–Crippen LogP) is 1.96. The van der Waals surface area contributed by atoms with E-state index in [0.29, 0.717) is 5.56 Å². The predicted molar refractivity (Wildman–Crippen MR) is 80.4 cm³/mol. The second-order valence-electron chi connectivity index (χ2n) is 4.73. The van der Waals surface area contributed by atoms with Crippen LogP contribution < -0.4 is 16.4 Å². The van der Waals surface area contributed by atoms with Crippen molar-refractivity contribution < 1.29 is 4.79 Å². The first kappa shape index (κ1) is 13.9. The van der Waals surface area contributed by atoms with Gasteiger partial charge in [0.1, 0.15) is 5.82 Å². The standard InChI is InChI=1S/C15H18N4O/c1-10(11-4-3-5-13(16)8-11)19(2)14-7-6-12(9-18-14)15(17)20/h3-10H,16H2,1-2H3,(H2,17,20). The molecule has 1 atom stereocenters. The molecule has 0 saturated heterocycles. The smallest absolute Gasteiger partial charge is 0.250 e. The Morgan fingerprint density at radius 1 is 1.30 bits per heavy atom. The lowest BCUT2D eigenvalue weighted by Gasteiger charge is -2.26. The Morgan fingerprint density at radius 2 is 2.05 bits per heavy atom. The van der Waals surface area contributed by atoms with Crippen LogP contribution in [0.1, 0.15) is 28.9 Å². The molecule has 0 spiro atoms. The zero-order chi connectivity index (χ0) is 14.7. The lowest BCUT2D eigenvalue weighted by Crippen LogP contribution is -2.23. The van der Waals surface area contributed by atoms with Crippen LogP contribution in [0.4, 0.5) is 11.5 Å². The summed E-state index contributed by atoms with van der Waals surface area (Å²) in [4.78, 5) is 17.3. The number of benzene rings is 1. The van der Waals surface area contributed by atoms with E-state index >= 15 is 0 Å². The molecule has 104 valence electrons. The maximum Gasteiger partial charge on any atom is 0.250 e. The molecule has 0 aliphatic carbocycles. The van der Waals surface area contributed by atoms with E-state index < -0.39 is 5.91 Å². The van der Waals surface area contributed by atoms with Gasteiger partial charge in [-0.2, -0.15) is 0 Å². The first-order valence-electron chi connectivity index (χ1n) is 6.33. The van der Waals surface area contributed by atoms with Gasteiger partial charge in [-0.15, -0.1) is 0 Å². The van der Waals surface area contributed by atoms with E-state index in [4.69, 9.17) is 11.5 Å². The van der Waals surface area contributed by atoms with Crippen molar-refractivity contribution in [3.8, 4) is 0 Å². The van der Waals surface area contributed by atoms with Crippen LogP contribution in [-0.2, 0) is 0 Å². The van der Waals surface area contributed by atoms with Crippen molar-refractivity contribution in [2.24, 2.45) is 5.73 Å². The monoisotopic (exact) mass is 270 g/mol. The molecule has 0 fully saturated rings. The molecule has 1 aromatic carbocycles. The minimum Gasteiger partial charge on any atom is -0.399 e. The lowest BCUT2D eigenvalue weighted by atomic mass is 10.1. The number of pyridine rings is 1. The summed E-state index contributed by atoms with van der Waals surface area (Å²) in [6.45, 7) is 2.07. The van der Waals surface area contributed by atoms with Gasteiger partial charge in [0.05, 0.1) is 11.6 Å². The van der Waals surface area contributed by atoms with E-state index in [0.717, 1.165) is 17.1 Å². The van der Waals surface area contributed by atoms with Crippen LogP contribution in [0.5, 0.6) is 0 Å². The largest absolute Gasteiger partial charge is 0.399 e. The highest BCUT2D eigenvalue weighted by atomic mass is 16.1. The maximum atomic E-state index is 11.0. The van der Waals surface area contributed by atoms with Gasteiger partial charge in [-0.25, -0.2) is 4.98 Å². The number of anilines is 2.